The van der Waals surface area contributed by atoms with Crippen LogP contribution in [0.5, 0.6) is 0 Å². The number of pyridine rings is 1. The number of anilines is 1. The van der Waals surface area contributed by atoms with Gasteiger partial charge in [0.1, 0.15) is 0 Å². The molecule has 0 fully saturated rings. The van der Waals surface area contributed by atoms with Crippen molar-refractivity contribution in [2.45, 2.75) is 21.7 Å². The fourth-order valence-electron chi connectivity index (χ4n) is 1.68. The second-order valence-corrected chi connectivity index (χ2v) is 19.1. The minimum atomic E-state index is -2.67. The number of amides is 1. The van der Waals surface area contributed by atoms with Crippen molar-refractivity contribution in [1.82, 2.24) is 4.98 Å². The summed E-state index contributed by atoms with van der Waals surface area (Å²) in [6.07, 6.45) is 1.41. The van der Waals surface area contributed by atoms with E-state index >= 15 is 0 Å². The van der Waals surface area contributed by atoms with Gasteiger partial charge in [-0.05, 0) is 0 Å². The molecule has 1 rings (SSSR count). The number of aromatic nitrogens is 1. The molecule has 1 heterocycles. The first-order valence-corrected chi connectivity index (χ1v) is 15.2. The molecule has 0 saturated heterocycles. The molecule has 17 heavy (non-hydrogen) atoms. The molecule has 92 valence electrons. The Kier molecular flexibility index (Phi) is 4.13. The molecule has 5 nitrogen and oxygen atoms in total. The maximum atomic E-state index is 11.2. The van der Waals surface area contributed by atoms with Gasteiger partial charge in [0.15, 0.2) is 0 Å². The number of carbonyl (C=O) groups excluding carboxylic acids is 1. The van der Waals surface area contributed by atoms with Gasteiger partial charge < -0.3 is 0 Å². The Balaban J connectivity index is 3.45. The molecule has 2 N–H and O–H groups in total. The second kappa shape index (κ2) is 5.03. The Morgan fingerprint density at radius 3 is 2.35 bits per heavy atom. The monoisotopic (exact) mass is 344 g/mol. The molecule has 0 spiro atoms. The molecular formula is C11H16N2O3Sn. The molecule has 0 unspecified atom stereocenters. The average molecular weight is 343 g/mol. The van der Waals surface area contributed by atoms with Crippen LogP contribution in [0.4, 0.5) is 5.69 Å². The molecule has 0 aromatic carbocycles. The van der Waals surface area contributed by atoms with Crippen LogP contribution in [-0.2, 0) is 4.79 Å². The number of nitrogens with one attached hydrogen (secondary N) is 1. The van der Waals surface area contributed by atoms with Crippen molar-refractivity contribution < 1.29 is 14.7 Å². The predicted molar refractivity (Wildman–Crippen MR) is 68.5 cm³/mol. The zero-order valence-corrected chi connectivity index (χ0v) is 13.2. The van der Waals surface area contributed by atoms with Gasteiger partial charge >= 0.3 is 104 Å². The Morgan fingerprint density at radius 2 is 1.94 bits per heavy atom. The zero-order valence-electron chi connectivity index (χ0n) is 10.4. The van der Waals surface area contributed by atoms with Crippen LogP contribution in [0.1, 0.15) is 17.4 Å². The van der Waals surface area contributed by atoms with Crippen molar-refractivity contribution in [3.8, 4) is 0 Å². The van der Waals surface area contributed by atoms with Crippen LogP contribution in [0.25, 0.3) is 0 Å². The van der Waals surface area contributed by atoms with Gasteiger partial charge in [0.2, 0.25) is 0 Å². The average Bonchev–Trinajstić information content (AvgIpc) is 2.14. The summed E-state index contributed by atoms with van der Waals surface area (Å²) in [7, 11) is 0. The number of carboxylic acid groups (broad SMARTS) is 1. The van der Waals surface area contributed by atoms with Gasteiger partial charge in [-0.3, -0.25) is 0 Å². The van der Waals surface area contributed by atoms with Crippen LogP contribution in [0.15, 0.2) is 12.3 Å². The maximum absolute atomic E-state index is 11.2. The van der Waals surface area contributed by atoms with Gasteiger partial charge in [0, 0.05) is 0 Å². The first-order valence-electron chi connectivity index (χ1n) is 5.24. The molecule has 0 aliphatic heterocycles. The van der Waals surface area contributed by atoms with Crippen molar-refractivity contribution in [3.63, 3.8) is 0 Å². The molecule has 1 aromatic heterocycles. The van der Waals surface area contributed by atoms with Crippen LogP contribution < -0.4 is 8.90 Å². The normalized spacial score (nSPS) is 11.1. The molecule has 0 atom stereocenters. The molecule has 6 heteroatoms. The molecule has 0 aliphatic carbocycles. The van der Waals surface area contributed by atoms with E-state index in [9.17, 15) is 9.59 Å². The van der Waals surface area contributed by atoms with Crippen molar-refractivity contribution in [1.29, 1.82) is 0 Å². The molecular weight excluding hydrogens is 327 g/mol. The van der Waals surface area contributed by atoms with Gasteiger partial charge in [0.25, 0.3) is 0 Å². The van der Waals surface area contributed by atoms with Gasteiger partial charge in [-0.15, -0.1) is 0 Å². The summed E-state index contributed by atoms with van der Waals surface area (Å²) >= 11 is -2.67. The van der Waals surface area contributed by atoms with Gasteiger partial charge in [-0.25, -0.2) is 0 Å². The molecule has 0 aliphatic rings. The number of carbonyl (C=O) groups is 2. The third kappa shape index (κ3) is 3.42. The van der Waals surface area contributed by atoms with E-state index in [1.54, 1.807) is 6.07 Å². The van der Waals surface area contributed by atoms with Gasteiger partial charge in [0.05, 0.1) is 0 Å². The molecule has 0 radical (unpaired) electrons. The molecule has 1 amide bonds. The Morgan fingerprint density at radius 1 is 1.35 bits per heavy atom. The summed E-state index contributed by atoms with van der Waals surface area (Å²) in [4.78, 5) is 32.5. The topological polar surface area (TPSA) is 79.3 Å². The van der Waals surface area contributed by atoms with Crippen LogP contribution in [0.3, 0.4) is 0 Å². The van der Waals surface area contributed by atoms with Crippen molar-refractivity contribution >= 4 is 39.5 Å². The van der Waals surface area contributed by atoms with E-state index in [4.69, 9.17) is 5.11 Å². The number of hydrogen-bond acceptors (Lipinski definition) is 3. The van der Waals surface area contributed by atoms with Crippen molar-refractivity contribution in [2.24, 2.45) is 0 Å². The van der Waals surface area contributed by atoms with E-state index in [1.807, 2.05) is 0 Å². The summed E-state index contributed by atoms with van der Waals surface area (Å²) in [5.74, 6) is -1.25. The summed E-state index contributed by atoms with van der Waals surface area (Å²) < 4.78 is 0.740. The van der Waals surface area contributed by atoms with Crippen molar-refractivity contribution in [2.75, 3.05) is 5.32 Å². The summed E-state index contributed by atoms with van der Waals surface area (Å²) in [5.41, 5.74) is 0.660. The SMILES string of the molecule is CC(=O)Nc1ccnc(C(=O)O)[c]1[Sn]([CH3])([CH3])[CH3]. The zero-order chi connectivity index (χ0) is 13.2. The number of hydrogen-bond donors (Lipinski definition) is 2. The molecule has 0 saturated carbocycles. The van der Waals surface area contributed by atoms with Crippen LogP contribution in [0, 0.1) is 0 Å². The Hall–Kier alpha value is -1.11. The fourth-order valence-corrected chi connectivity index (χ4v) is 6.92. The van der Waals surface area contributed by atoms with E-state index in [1.165, 1.54) is 13.1 Å². The first kappa shape index (κ1) is 14.0. The minimum absolute atomic E-state index is 0.0690. The molecule has 1 aromatic rings. The number of rotatable bonds is 3. The van der Waals surface area contributed by atoms with Crippen LogP contribution in [-0.4, -0.2) is 40.3 Å². The summed E-state index contributed by atoms with van der Waals surface area (Å²) in [6.45, 7) is 1.41. The van der Waals surface area contributed by atoms with E-state index in [-0.39, 0.29) is 11.6 Å². The van der Waals surface area contributed by atoms with Crippen LogP contribution >= 0.6 is 0 Å². The summed E-state index contributed by atoms with van der Waals surface area (Å²) in [6, 6.07) is 1.66. The Labute approximate surface area is 104 Å². The van der Waals surface area contributed by atoms with Crippen molar-refractivity contribution in [3.05, 3.63) is 18.0 Å². The Bertz CT molecular complexity index is 466. The number of aromatic carboxylic acids is 1. The van der Waals surface area contributed by atoms with Crippen LogP contribution in [0.2, 0.25) is 14.8 Å². The third-order valence-electron chi connectivity index (χ3n) is 2.21. The quantitative estimate of drug-likeness (QED) is 0.811. The first-order chi connectivity index (χ1) is 7.73. The molecule has 0 bridgehead atoms. The number of carboxylic acids is 1. The second-order valence-electron chi connectivity index (χ2n) is 4.82. The van der Waals surface area contributed by atoms with E-state index in [2.05, 4.69) is 25.1 Å². The predicted octanol–water partition coefficient (Wildman–Crippen LogP) is 1.28. The van der Waals surface area contributed by atoms with Gasteiger partial charge in [-0.1, -0.05) is 0 Å². The number of nitrogens with zero attached hydrogens (tertiary/aromatic N) is 1. The van der Waals surface area contributed by atoms with E-state index < -0.39 is 24.3 Å². The van der Waals surface area contributed by atoms with Gasteiger partial charge in [-0.2, -0.15) is 0 Å². The third-order valence-corrected chi connectivity index (χ3v) is 7.94. The standard InChI is InChI=1S/C8H7N2O3.3CH3.Sn/c1-5(11)10-6-2-3-9-7(4-6)8(12)13;;;;/h2-3H,1H3,(H,12,13)(H,9,10,11);3*1H3;. The summed E-state index contributed by atoms with van der Waals surface area (Å²) in [5, 5.41) is 11.8. The fraction of sp³-hybridized carbons (Fsp3) is 0.364. The van der Waals surface area contributed by atoms with E-state index in [0.717, 1.165) is 3.58 Å². The van der Waals surface area contributed by atoms with E-state index in [0.29, 0.717) is 5.69 Å².